The Bertz CT molecular complexity index is 921. The first kappa shape index (κ1) is 20.0. The zero-order valence-electron chi connectivity index (χ0n) is 17.6. The van der Waals surface area contributed by atoms with Gasteiger partial charge in [-0.25, -0.2) is 4.39 Å². The Morgan fingerprint density at radius 2 is 1.80 bits per heavy atom. The maximum Gasteiger partial charge on any atom is 0.230 e. The van der Waals surface area contributed by atoms with E-state index < -0.39 is 0 Å². The van der Waals surface area contributed by atoms with E-state index in [4.69, 9.17) is 0 Å². The van der Waals surface area contributed by atoms with E-state index in [1.807, 2.05) is 18.4 Å². The summed E-state index contributed by atoms with van der Waals surface area (Å²) in [5.41, 5.74) is 0.458. The van der Waals surface area contributed by atoms with Crippen LogP contribution in [-0.2, 0) is 4.79 Å². The number of nitrogens with zero attached hydrogens (tertiary/aromatic N) is 3. The summed E-state index contributed by atoms with van der Waals surface area (Å²) in [7, 11) is 0. The summed E-state index contributed by atoms with van der Waals surface area (Å²) < 4.78 is 16.2. The quantitative estimate of drug-likeness (QED) is 0.669. The molecular weight excluding hydrogens is 399 g/mol. The van der Waals surface area contributed by atoms with Gasteiger partial charge in [0.1, 0.15) is 5.82 Å². The number of carbonyl (C=O) groups excluding carboxylic acids is 1. The van der Waals surface area contributed by atoms with E-state index >= 15 is 0 Å². The van der Waals surface area contributed by atoms with Crippen LogP contribution in [0.15, 0.2) is 29.4 Å². The Morgan fingerprint density at radius 3 is 2.40 bits per heavy atom. The van der Waals surface area contributed by atoms with Crippen molar-refractivity contribution in [3.63, 3.8) is 0 Å². The van der Waals surface area contributed by atoms with Crippen LogP contribution in [0.25, 0.3) is 11.4 Å². The maximum absolute atomic E-state index is 14.3. The summed E-state index contributed by atoms with van der Waals surface area (Å²) in [4.78, 5) is 12.9. The number of rotatable bonds is 6. The fourth-order valence-corrected chi connectivity index (χ4v) is 7.26. The lowest BCUT2D eigenvalue weighted by atomic mass is 9.53. The van der Waals surface area contributed by atoms with Gasteiger partial charge in [0.25, 0.3) is 0 Å². The Kier molecular flexibility index (Phi) is 5.12. The average molecular weight is 429 g/mol. The molecule has 2 aromatic rings. The lowest BCUT2D eigenvalue weighted by molar-refractivity contribution is -0.124. The second kappa shape index (κ2) is 7.66. The van der Waals surface area contributed by atoms with Gasteiger partial charge in [-0.3, -0.25) is 9.36 Å². The number of carbonyl (C=O) groups is 1. The highest BCUT2D eigenvalue weighted by molar-refractivity contribution is 7.99. The van der Waals surface area contributed by atoms with E-state index in [0.29, 0.717) is 22.3 Å². The Balaban J connectivity index is 1.29. The van der Waals surface area contributed by atoms with E-state index in [0.717, 1.165) is 37.0 Å². The minimum absolute atomic E-state index is 0.0242. The number of halogens is 1. The van der Waals surface area contributed by atoms with Gasteiger partial charge in [-0.2, -0.15) is 0 Å². The molecule has 1 N–H and O–H groups in total. The summed E-state index contributed by atoms with van der Waals surface area (Å²) in [5.74, 6) is 2.98. The smallest absolute Gasteiger partial charge is 0.230 e. The number of hydrogen-bond acceptors (Lipinski definition) is 4. The molecular formula is C23H29FN4OS. The van der Waals surface area contributed by atoms with Crippen molar-refractivity contribution in [3.8, 4) is 11.4 Å². The third-order valence-corrected chi connectivity index (χ3v) is 8.01. The topological polar surface area (TPSA) is 59.8 Å². The first-order valence-electron chi connectivity index (χ1n) is 11.1. The van der Waals surface area contributed by atoms with Crippen LogP contribution < -0.4 is 5.32 Å². The fraction of sp³-hybridized carbons (Fsp3) is 0.609. The molecule has 1 amide bonds. The molecule has 1 aromatic carbocycles. The molecule has 0 radical (unpaired) electrons. The van der Waals surface area contributed by atoms with Crippen LogP contribution >= 0.6 is 11.8 Å². The fourth-order valence-electron chi connectivity index (χ4n) is 6.39. The molecule has 1 aromatic heterocycles. The summed E-state index contributed by atoms with van der Waals surface area (Å²) in [6.45, 7) is 4.04. The minimum Gasteiger partial charge on any atom is -0.350 e. The normalized spacial score (nSPS) is 29.5. The monoisotopic (exact) mass is 428 g/mol. The summed E-state index contributed by atoms with van der Waals surface area (Å²) in [5, 5.41) is 12.6. The number of hydrogen-bond donors (Lipinski definition) is 1. The van der Waals surface area contributed by atoms with Gasteiger partial charge in [0.15, 0.2) is 11.0 Å². The van der Waals surface area contributed by atoms with Crippen LogP contribution in [0.5, 0.6) is 0 Å². The van der Waals surface area contributed by atoms with Gasteiger partial charge in [0.05, 0.1) is 11.3 Å². The third-order valence-electron chi connectivity index (χ3n) is 7.07. The molecule has 160 valence electrons. The molecule has 0 spiro atoms. The molecule has 7 heteroatoms. The van der Waals surface area contributed by atoms with Crippen LogP contribution in [0.1, 0.15) is 58.4 Å². The number of nitrogens with one attached hydrogen (secondary N) is 1. The SMILES string of the molecule is CC(C)n1c(SCC(=O)NC23CC4CC(CC(C4)C2)C3)nnc1-c1ccccc1F. The minimum atomic E-state index is -0.317. The molecule has 4 aliphatic carbocycles. The molecule has 4 bridgehead atoms. The predicted molar refractivity (Wildman–Crippen MR) is 116 cm³/mol. The molecule has 0 atom stereocenters. The second-order valence-electron chi connectivity index (χ2n) is 9.78. The first-order valence-corrected chi connectivity index (χ1v) is 12.0. The lowest BCUT2D eigenvalue weighted by Gasteiger charge is -2.56. The van der Waals surface area contributed by atoms with Crippen molar-refractivity contribution < 1.29 is 9.18 Å². The zero-order valence-corrected chi connectivity index (χ0v) is 18.4. The summed E-state index contributed by atoms with van der Waals surface area (Å²) in [6.07, 6.45) is 7.53. The Hall–Kier alpha value is -1.89. The van der Waals surface area contributed by atoms with Crippen molar-refractivity contribution in [2.45, 2.75) is 69.1 Å². The largest absolute Gasteiger partial charge is 0.350 e. The molecule has 6 rings (SSSR count). The van der Waals surface area contributed by atoms with Crippen LogP contribution in [0.2, 0.25) is 0 Å². The van der Waals surface area contributed by atoms with Crippen molar-refractivity contribution in [3.05, 3.63) is 30.1 Å². The molecule has 4 fully saturated rings. The van der Waals surface area contributed by atoms with Crippen molar-refractivity contribution in [2.75, 3.05) is 5.75 Å². The van der Waals surface area contributed by atoms with Gasteiger partial charge in [0, 0.05) is 11.6 Å². The molecule has 0 unspecified atom stereocenters. The highest BCUT2D eigenvalue weighted by Gasteiger charge is 2.51. The maximum atomic E-state index is 14.3. The number of thioether (sulfide) groups is 1. The van der Waals surface area contributed by atoms with Crippen LogP contribution in [-0.4, -0.2) is 32.0 Å². The van der Waals surface area contributed by atoms with E-state index in [9.17, 15) is 9.18 Å². The number of benzene rings is 1. The molecule has 4 saturated carbocycles. The van der Waals surface area contributed by atoms with Gasteiger partial charge >= 0.3 is 0 Å². The highest BCUT2D eigenvalue weighted by atomic mass is 32.2. The van der Waals surface area contributed by atoms with E-state index in [2.05, 4.69) is 15.5 Å². The molecule has 0 saturated heterocycles. The van der Waals surface area contributed by atoms with Gasteiger partial charge in [-0.15, -0.1) is 10.2 Å². The van der Waals surface area contributed by atoms with Crippen LogP contribution in [0, 0.1) is 23.6 Å². The van der Waals surface area contributed by atoms with Gasteiger partial charge in [-0.05, 0) is 82.3 Å². The van der Waals surface area contributed by atoms with Crippen LogP contribution in [0.4, 0.5) is 4.39 Å². The van der Waals surface area contributed by atoms with Crippen molar-refractivity contribution in [1.82, 2.24) is 20.1 Å². The van der Waals surface area contributed by atoms with Crippen molar-refractivity contribution in [2.24, 2.45) is 17.8 Å². The first-order chi connectivity index (χ1) is 14.4. The van der Waals surface area contributed by atoms with Crippen molar-refractivity contribution >= 4 is 17.7 Å². The van der Waals surface area contributed by atoms with E-state index in [1.54, 1.807) is 18.2 Å². The summed E-state index contributed by atoms with van der Waals surface area (Å²) in [6, 6.07) is 6.67. The molecule has 30 heavy (non-hydrogen) atoms. The Labute approximate surface area is 181 Å². The average Bonchev–Trinajstić information content (AvgIpc) is 3.09. The van der Waals surface area contributed by atoms with E-state index in [1.165, 1.54) is 37.1 Å². The standard InChI is InChI=1S/C23H29FN4OS/c1-14(2)28-21(18-5-3-4-6-19(18)24)26-27-22(28)30-13-20(29)25-23-10-15-7-16(11-23)9-17(8-15)12-23/h3-6,14-17H,7-13H2,1-2H3,(H,25,29). The number of aromatic nitrogens is 3. The zero-order chi connectivity index (χ0) is 20.9. The predicted octanol–water partition coefficient (Wildman–Crippen LogP) is 4.84. The molecule has 4 aliphatic rings. The van der Waals surface area contributed by atoms with Gasteiger partial charge < -0.3 is 5.32 Å². The lowest BCUT2D eigenvalue weighted by Crippen LogP contribution is -2.60. The second-order valence-corrected chi connectivity index (χ2v) is 10.7. The van der Waals surface area contributed by atoms with Crippen molar-refractivity contribution in [1.29, 1.82) is 0 Å². The van der Waals surface area contributed by atoms with E-state index in [-0.39, 0.29) is 23.3 Å². The highest BCUT2D eigenvalue weighted by Crippen LogP contribution is 2.55. The molecule has 0 aliphatic heterocycles. The summed E-state index contributed by atoms with van der Waals surface area (Å²) >= 11 is 1.39. The molecule has 1 heterocycles. The molecule has 5 nitrogen and oxygen atoms in total. The van der Waals surface area contributed by atoms with Crippen LogP contribution in [0.3, 0.4) is 0 Å². The number of amides is 1. The van der Waals surface area contributed by atoms with Gasteiger partial charge in [0.2, 0.25) is 5.91 Å². The third kappa shape index (κ3) is 3.66. The Morgan fingerprint density at radius 1 is 1.17 bits per heavy atom. The van der Waals surface area contributed by atoms with Gasteiger partial charge in [-0.1, -0.05) is 23.9 Å².